The average molecular weight is 246 g/mol. The normalized spacial score (nSPS) is 29.6. The quantitative estimate of drug-likeness (QED) is 0.857. The Bertz CT molecular complexity index is 432. The van der Waals surface area contributed by atoms with Crippen LogP contribution in [0.15, 0.2) is 6.33 Å². The Balaban J connectivity index is 1.80. The minimum Gasteiger partial charge on any atom is -0.373 e. The van der Waals surface area contributed by atoms with Gasteiger partial charge >= 0.3 is 0 Å². The molecule has 0 aromatic carbocycles. The topological polar surface area (TPSA) is 49.8 Å². The predicted octanol–water partition coefficient (Wildman–Crippen LogP) is 2.68. The number of nitrogens with zero attached hydrogens (tertiary/aromatic N) is 2. The molecule has 0 saturated heterocycles. The molecular weight excluding hydrogens is 224 g/mol. The zero-order valence-electron chi connectivity index (χ0n) is 11.2. The molecule has 3 rings (SSSR count). The summed E-state index contributed by atoms with van der Waals surface area (Å²) in [5, 5.41) is 6.83. The Kier molecular flexibility index (Phi) is 3.10. The number of aromatic nitrogens is 2. The summed E-state index contributed by atoms with van der Waals surface area (Å²) in [5.41, 5.74) is 1.21. The maximum Gasteiger partial charge on any atom is 0.134 e. The van der Waals surface area contributed by atoms with E-state index in [1.165, 1.54) is 31.2 Å². The van der Waals surface area contributed by atoms with E-state index in [1.807, 2.05) is 7.05 Å². The number of nitrogens with one attached hydrogen (secondary N) is 2. The van der Waals surface area contributed by atoms with Gasteiger partial charge in [0, 0.05) is 18.7 Å². The van der Waals surface area contributed by atoms with Crippen LogP contribution in [-0.4, -0.2) is 23.1 Å². The minimum atomic E-state index is 0.633. The van der Waals surface area contributed by atoms with Crippen LogP contribution in [0.4, 0.5) is 11.6 Å². The monoisotopic (exact) mass is 246 g/mol. The summed E-state index contributed by atoms with van der Waals surface area (Å²) < 4.78 is 0. The molecule has 0 radical (unpaired) electrons. The molecule has 2 fully saturated rings. The highest BCUT2D eigenvalue weighted by Crippen LogP contribution is 2.45. The average Bonchev–Trinajstić information content (AvgIpc) is 3.00. The van der Waals surface area contributed by atoms with E-state index in [2.05, 4.69) is 27.5 Å². The lowest BCUT2D eigenvalue weighted by atomic mass is 9.95. The second kappa shape index (κ2) is 4.75. The summed E-state index contributed by atoms with van der Waals surface area (Å²) in [4.78, 5) is 8.73. The van der Waals surface area contributed by atoms with Crippen molar-refractivity contribution in [3.8, 4) is 0 Å². The minimum absolute atomic E-state index is 0.633. The molecule has 2 saturated carbocycles. The molecule has 1 aromatic rings. The number of anilines is 2. The zero-order chi connectivity index (χ0) is 12.5. The van der Waals surface area contributed by atoms with Crippen LogP contribution in [0.1, 0.15) is 38.2 Å². The van der Waals surface area contributed by atoms with Crippen LogP contribution in [0.25, 0.3) is 0 Å². The van der Waals surface area contributed by atoms with Crippen molar-refractivity contribution in [3.63, 3.8) is 0 Å². The number of hydrogen-bond acceptors (Lipinski definition) is 4. The molecule has 1 aromatic heterocycles. The van der Waals surface area contributed by atoms with Gasteiger partial charge in [0.25, 0.3) is 0 Å². The lowest BCUT2D eigenvalue weighted by Gasteiger charge is -2.24. The Morgan fingerprint density at radius 3 is 2.67 bits per heavy atom. The van der Waals surface area contributed by atoms with Crippen LogP contribution >= 0.6 is 0 Å². The molecule has 18 heavy (non-hydrogen) atoms. The molecular formula is C14H22N4. The van der Waals surface area contributed by atoms with Crippen molar-refractivity contribution in [1.29, 1.82) is 0 Å². The van der Waals surface area contributed by atoms with Gasteiger partial charge in [0.2, 0.25) is 0 Å². The van der Waals surface area contributed by atoms with E-state index in [0.717, 1.165) is 29.9 Å². The van der Waals surface area contributed by atoms with Crippen LogP contribution in [0.2, 0.25) is 0 Å². The molecule has 1 heterocycles. The molecule has 0 amide bonds. The van der Waals surface area contributed by atoms with Gasteiger partial charge in [-0.25, -0.2) is 9.97 Å². The van der Waals surface area contributed by atoms with Gasteiger partial charge in [-0.1, -0.05) is 13.3 Å². The first-order chi connectivity index (χ1) is 8.81. The van der Waals surface area contributed by atoms with Crippen LogP contribution in [0, 0.1) is 11.8 Å². The highest BCUT2D eigenvalue weighted by atomic mass is 15.1. The first-order valence-electron chi connectivity index (χ1n) is 7.10. The number of hydrogen-bond donors (Lipinski definition) is 2. The van der Waals surface area contributed by atoms with E-state index < -0.39 is 0 Å². The van der Waals surface area contributed by atoms with Crippen molar-refractivity contribution in [2.75, 3.05) is 17.7 Å². The first kappa shape index (κ1) is 11.8. The van der Waals surface area contributed by atoms with E-state index in [0.29, 0.717) is 6.04 Å². The lowest BCUT2D eigenvalue weighted by molar-refractivity contribution is 0.438. The summed E-state index contributed by atoms with van der Waals surface area (Å²) in [5.74, 6) is 3.82. The van der Waals surface area contributed by atoms with Crippen molar-refractivity contribution < 1.29 is 0 Å². The Hall–Kier alpha value is -1.32. The summed E-state index contributed by atoms with van der Waals surface area (Å²) >= 11 is 0. The van der Waals surface area contributed by atoms with Crippen molar-refractivity contribution >= 4 is 11.6 Å². The maximum absolute atomic E-state index is 4.44. The second-order valence-corrected chi connectivity index (χ2v) is 5.58. The van der Waals surface area contributed by atoms with Gasteiger partial charge in [0.1, 0.15) is 18.0 Å². The van der Waals surface area contributed by atoms with Gasteiger partial charge in [-0.2, -0.15) is 0 Å². The summed E-state index contributed by atoms with van der Waals surface area (Å²) in [7, 11) is 1.92. The third-order valence-corrected chi connectivity index (χ3v) is 4.60. The van der Waals surface area contributed by atoms with Crippen molar-refractivity contribution in [2.45, 2.75) is 45.1 Å². The third-order valence-electron chi connectivity index (χ3n) is 4.60. The molecule has 0 aliphatic heterocycles. The van der Waals surface area contributed by atoms with Crippen molar-refractivity contribution in [1.82, 2.24) is 9.97 Å². The second-order valence-electron chi connectivity index (χ2n) is 5.58. The Morgan fingerprint density at radius 1 is 1.22 bits per heavy atom. The van der Waals surface area contributed by atoms with Gasteiger partial charge in [0.15, 0.2) is 0 Å². The molecule has 3 atom stereocenters. The standard InChI is InChI=1S/C14H22N4/c1-3-11-13(15-2)16-8-17-14(11)18-12-7-9-4-5-10(12)6-9/h8-10,12H,3-7H2,1-2H3,(H2,15,16,17,18). The van der Waals surface area contributed by atoms with Crippen molar-refractivity contribution in [2.24, 2.45) is 11.8 Å². The van der Waals surface area contributed by atoms with E-state index >= 15 is 0 Å². The number of rotatable bonds is 4. The third kappa shape index (κ3) is 1.93. The molecule has 2 aliphatic carbocycles. The molecule has 0 spiro atoms. The predicted molar refractivity (Wildman–Crippen MR) is 73.8 cm³/mol. The summed E-state index contributed by atoms with van der Waals surface area (Å²) in [6.07, 6.45) is 8.19. The highest BCUT2D eigenvalue weighted by Gasteiger charge is 2.39. The van der Waals surface area contributed by atoms with Crippen LogP contribution in [-0.2, 0) is 6.42 Å². The lowest BCUT2D eigenvalue weighted by Crippen LogP contribution is -2.27. The maximum atomic E-state index is 4.44. The van der Waals surface area contributed by atoms with Gasteiger partial charge in [-0.15, -0.1) is 0 Å². The van der Waals surface area contributed by atoms with E-state index in [9.17, 15) is 0 Å². The largest absolute Gasteiger partial charge is 0.373 e. The van der Waals surface area contributed by atoms with E-state index in [4.69, 9.17) is 0 Å². The van der Waals surface area contributed by atoms with Gasteiger partial charge in [-0.3, -0.25) is 0 Å². The SMILES string of the molecule is CCc1c(NC)ncnc1NC1CC2CCC1C2. The van der Waals surface area contributed by atoms with Crippen LogP contribution in [0.5, 0.6) is 0 Å². The Labute approximate surface area is 109 Å². The molecule has 98 valence electrons. The molecule has 2 N–H and O–H groups in total. The smallest absolute Gasteiger partial charge is 0.134 e. The van der Waals surface area contributed by atoms with Gasteiger partial charge < -0.3 is 10.6 Å². The van der Waals surface area contributed by atoms with Crippen LogP contribution < -0.4 is 10.6 Å². The fourth-order valence-electron chi connectivity index (χ4n) is 3.68. The van der Waals surface area contributed by atoms with Gasteiger partial charge in [0.05, 0.1) is 0 Å². The molecule has 3 unspecified atom stereocenters. The molecule has 2 bridgehead atoms. The van der Waals surface area contributed by atoms with E-state index in [-0.39, 0.29) is 0 Å². The summed E-state index contributed by atoms with van der Waals surface area (Å²) in [6, 6.07) is 0.633. The fraction of sp³-hybridized carbons (Fsp3) is 0.714. The fourth-order valence-corrected chi connectivity index (χ4v) is 3.68. The summed E-state index contributed by atoms with van der Waals surface area (Å²) in [6.45, 7) is 2.16. The first-order valence-corrected chi connectivity index (χ1v) is 7.10. The van der Waals surface area contributed by atoms with Gasteiger partial charge in [-0.05, 0) is 37.5 Å². The number of fused-ring (bicyclic) bond motifs is 2. The molecule has 4 heteroatoms. The molecule has 4 nitrogen and oxygen atoms in total. The molecule has 2 aliphatic rings. The van der Waals surface area contributed by atoms with Crippen molar-refractivity contribution in [3.05, 3.63) is 11.9 Å². The van der Waals surface area contributed by atoms with E-state index in [1.54, 1.807) is 6.33 Å². The highest BCUT2D eigenvalue weighted by molar-refractivity contribution is 5.57. The van der Waals surface area contributed by atoms with Crippen LogP contribution in [0.3, 0.4) is 0 Å². The Morgan fingerprint density at radius 2 is 2.06 bits per heavy atom. The zero-order valence-corrected chi connectivity index (χ0v) is 11.2.